The summed E-state index contributed by atoms with van der Waals surface area (Å²) in [7, 11) is 3.61. The van der Waals surface area contributed by atoms with E-state index in [-0.39, 0.29) is 12.1 Å². The third-order valence-corrected chi connectivity index (χ3v) is 2.65. The molecule has 3 N–H and O–H groups in total. The molecule has 1 aromatic rings. The predicted octanol–water partition coefficient (Wildman–Crippen LogP) is 0.220. The van der Waals surface area contributed by atoms with Crippen LogP contribution in [-0.2, 0) is 18.2 Å². The Labute approximate surface area is 90.6 Å². The van der Waals surface area contributed by atoms with Gasteiger partial charge >= 0.3 is 0 Å². The van der Waals surface area contributed by atoms with Crippen molar-refractivity contribution in [2.75, 3.05) is 7.11 Å². The van der Waals surface area contributed by atoms with Gasteiger partial charge in [-0.15, -0.1) is 0 Å². The van der Waals surface area contributed by atoms with E-state index in [1.165, 1.54) is 5.56 Å². The van der Waals surface area contributed by atoms with Crippen molar-refractivity contribution >= 4 is 0 Å². The Kier molecular flexibility index (Phi) is 4.74. The van der Waals surface area contributed by atoms with Crippen LogP contribution in [-0.4, -0.2) is 29.0 Å². The summed E-state index contributed by atoms with van der Waals surface area (Å²) in [6.07, 6.45) is 5.91. The number of aromatic nitrogens is 2. The van der Waals surface area contributed by atoms with Crippen LogP contribution in [0.4, 0.5) is 0 Å². The fourth-order valence-electron chi connectivity index (χ4n) is 1.54. The largest absolute Gasteiger partial charge is 0.380 e. The van der Waals surface area contributed by atoms with Crippen molar-refractivity contribution in [3.05, 3.63) is 18.0 Å². The monoisotopic (exact) mass is 212 g/mol. The quantitative estimate of drug-likeness (QED) is 0.523. The van der Waals surface area contributed by atoms with Crippen molar-refractivity contribution in [1.82, 2.24) is 15.2 Å². The van der Waals surface area contributed by atoms with Gasteiger partial charge in [0.25, 0.3) is 0 Å². The van der Waals surface area contributed by atoms with Crippen molar-refractivity contribution in [2.45, 2.75) is 31.9 Å². The third-order valence-electron chi connectivity index (χ3n) is 2.65. The zero-order valence-corrected chi connectivity index (χ0v) is 9.60. The summed E-state index contributed by atoms with van der Waals surface area (Å²) in [5.41, 5.74) is 4.00. The molecule has 0 saturated carbocycles. The van der Waals surface area contributed by atoms with Gasteiger partial charge in [0.05, 0.1) is 12.3 Å². The van der Waals surface area contributed by atoms with Gasteiger partial charge in [-0.3, -0.25) is 16.0 Å². The topological polar surface area (TPSA) is 65.1 Å². The van der Waals surface area contributed by atoms with Crippen LogP contribution >= 0.6 is 0 Å². The average molecular weight is 212 g/mol. The highest BCUT2D eigenvalue weighted by atomic mass is 16.5. The van der Waals surface area contributed by atoms with Crippen LogP contribution in [0.1, 0.15) is 18.9 Å². The van der Waals surface area contributed by atoms with E-state index in [9.17, 15) is 0 Å². The normalized spacial score (nSPS) is 15.2. The highest BCUT2D eigenvalue weighted by Gasteiger charge is 2.14. The Morgan fingerprint density at radius 3 is 2.87 bits per heavy atom. The molecule has 2 unspecified atom stereocenters. The van der Waals surface area contributed by atoms with Gasteiger partial charge in [-0.25, -0.2) is 0 Å². The smallest absolute Gasteiger partial charge is 0.0709 e. The molecule has 0 saturated heterocycles. The SMILES string of the molecule is COC(C)C(CCc1cnn(C)c1)NN. The number of ether oxygens (including phenoxy) is 1. The minimum absolute atomic E-state index is 0.117. The van der Waals surface area contributed by atoms with Crippen molar-refractivity contribution in [3.63, 3.8) is 0 Å². The Hall–Kier alpha value is -0.910. The summed E-state index contributed by atoms with van der Waals surface area (Å²) in [4.78, 5) is 0. The van der Waals surface area contributed by atoms with Gasteiger partial charge in [0.2, 0.25) is 0 Å². The van der Waals surface area contributed by atoms with E-state index in [4.69, 9.17) is 10.6 Å². The van der Waals surface area contributed by atoms with Crippen LogP contribution in [0, 0.1) is 0 Å². The number of nitrogens with two attached hydrogens (primary N) is 1. The molecule has 15 heavy (non-hydrogen) atoms. The van der Waals surface area contributed by atoms with E-state index in [0.717, 1.165) is 12.8 Å². The molecule has 0 radical (unpaired) electrons. The minimum atomic E-state index is 0.117. The lowest BCUT2D eigenvalue weighted by Crippen LogP contribution is -2.43. The molecule has 0 amide bonds. The number of nitrogens with one attached hydrogen (secondary N) is 1. The first-order chi connectivity index (χ1) is 7.17. The maximum absolute atomic E-state index is 5.47. The summed E-state index contributed by atoms with van der Waals surface area (Å²) in [6, 6.07) is 0.176. The zero-order chi connectivity index (χ0) is 11.3. The first-order valence-electron chi connectivity index (χ1n) is 5.13. The number of nitrogens with zero attached hydrogens (tertiary/aromatic N) is 2. The molecule has 0 bridgehead atoms. The number of hydrogen-bond donors (Lipinski definition) is 2. The van der Waals surface area contributed by atoms with Crippen molar-refractivity contribution in [1.29, 1.82) is 0 Å². The second-order valence-electron chi connectivity index (χ2n) is 3.77. The van der Waals surface area contributed by atoms with Crippen LogP contribution in [0.5, 0.6) is 0 Å². The first-order valence-corrected chi connectivity index (χ1v) is 5.13. The highest BCUT2D eigenvalue weighted by Crippen LogP contribution is 2.07. The summed E-state index contributed by atoms with van der Waals surface area (Å²) >= 11 is 0. The predicted molar refractivity (Wildman–Crippen MR) is 59.1 cm³/mol. The van der Waals surface area contributed by atoms with Crippen LogP contribution in [0.3, 0.4) is 0 Å². The zero-order valence-electron chi connectivity index (χ0n) is 9.60. The molecule has 0 aliphatic heterocycles. The maximum Gasteiger partial charge on any atom is 0.0709 e. The van der Waals surface area contributed by atoms with Crippen LogP contribution in [0.25, 0.3) is 0 Å². The van der Waals surface area contributed by atoms with E-state index >= 15 is 0 Å². The van der Waals surface area contributed by atoms with E-state index in [0.29, 0.717) is 0 Å². The lowest BCUT2D eigenvalue weighted by atomic mass is 10.0. The second-order valence-corrected chi connectivity index (χ2v) is 3.77. The third kappa shape index (κ3) is 3.62. The van der Waals surface area contributed by atoms with E-state index < -0.39 is 0 Å². The molecule has 5 heteroatoms. The summed E-state index contributed by atoms with van der Waals surface area (Å²) in [5, 5.41) is 4.12. The molecule has 0 spiro atoms. The number of hydrazine groups is 1. The fourth-order valence-corrected chi connectivity index (χ4v) is 1.54. The van der Waals surface area contributed by atoms with Crippen LogP contribution in [0.15, 0.2) is 12.4 Å². The highest BCUT2D eigenvalue weighted by molar-refractivity contribution is 5.04. The number of methoxy groups -OCH3 is 1. The van der Waals surface area contributed by atoms with Gasteiger partial charge in [0.1, 0.15) is 0 Å². The lowest BCUT2D eigenvalue weighted by Gasteiger charge is -2.21. The molecule has 1 rings (SSSR count). The molecule has 0 aliphatic rings. The summed E-state index contributed by atoms with van der Waals surface area (Å²) < 4.78 is 7.04. The minimum Gasteiger partial charge on any atom is -0.380 e. The van der Waals surface area contributed by atoms with E-state index in [1.54, 1.807) is 11.8 Å². The van der Waals surface area contributed by atoms with Crippen molar-refractivity contribution in [2.24, 2.45) is 12.9 Å². The van der Waals surface area contributed by atoms with Crippen molar-refractivity contribution in [3.8, 4) is 0 Å². The van der Waals surface area contributed by atoms with Crippen LogP contribution < -0.4 is 11.3 Å². The molecule has 5 nitrogen and oxygen atoms in total. The molecule has 86 valence electrons. The number of rotatable bonds is 6. The first kappa shape index (κ1) is 12.2. The standard InChI is InChI=1S/C10H20N4O/c1-8(15-3)10(13-11)5-4-9-6-12-14(2)7-9/h6-8,10,13H,4-5,11H2,1-3H3. The fraction of sp³-hybridized carbons (Fsp3) is 0.700. The Bertz CT molecular complexity index is 287. The van der Waals surface area contributed by atoms with E-state index in [1.807, 2.05) is 26.4 Å². The number of hydrogen-bond acceptors (Lipinski definition) is 4. The number of aryl methyl sites for hydroxylation is 2. The molecule has 1 heterocycles. The Morgan fingerprint density at radius 1 is 1.67 bits per heavy atom. The second kappa shape index (κ2) is 5.85. The summed E-state index contributed by atoms with van der Waals surface area (Å²) in [6.45, 7) is 2.01. The van der Waals surface area contributed by atoms with Crippen molar-refractivity contribution < 1.29 is 4.74 Å². The van der Waals surface area contributed by atoms with Gasteiger partial charge in [-0.2, -0.15) is 5.10 Å². The average Bonchev–Trinajstić information content (AvgIpc) is 2.64. The van der Waals surface area contributed by atoms with Gasteiger partial charge in [0.15, 0.2) is 0 Å². The Balaban J connectivity index is 2.40. The Morgan fingerprint density at radius 2 is 2.40 bits per heavy atom. The molecule has 0 fully saturated rings. The van der Waals surface area contributed by atoms with Gasteiger partial charge in [-0.05, 0) is 25.3 Å². The molecule has 1 aromatic heterocycles. The molecule has 2 atom stereocenters. The van der Waals surface area contributed by atoms with Gasteiger partial charge in [0, 0.05) is 26.4 Å². The van der Waals surface area contributed by atoms with E-state index in [2.05, 4.69) is 10.5 Å². The molecular formula is C10H20N4O. The van der Waals surface area contributed by atoms with Gasteiger partial charge < -0.3 is 4.74 Å². The lowest BCUT2D eigenvalue weighted by molar-refractivity contribution is 0.0802. The summed E-state index contributed by atoms with van der Waals surface area (Å²) in [5.74, 6) is 5.47. The maximum atomic E-state index is 5.47. The molecular weight excluding hydrogens is 192 g/mol. The molecule has 0 aliphatic carbocycles. The van der Waals surface area contributed by atoms with Crippen LogP contribution in [0.2, 0.25) is 0 Å². The molecule has 0 aromatic carbocycles. The van der Waals surface area contributed by atoms with Gasteiger partial charge in [-0.1, -0.05) is 0 Å².